The van der Waals surface area contributed by atoms with Crippen molar-refractivity contribution in [2.75, 3.05) is 0 Å². The van der Waals surface area contributed by atoms with Gasteiger partial charge in [0.1, 0.15) is 6.04 Å². The van der Waals surface area contributed by atoms with E-state index >= 15 is 0 Å². The summed E-state index contributed by atoms with van der Waals surface area (Å²) in [6.07, 6.45) is 6.34. The van der Waals surface area contributed by atoms with Crippen molar-refractivity contribution in [2.24, 2.45) is 5.92 Å². The van der Waals surface area contributed by atoms with Crippen LogP contribution in [0.1, 0.15) is 57.6 Å². The highest BCUT2D eigenvalue weighted by atomic mass is 16.2. The highest BCUT2D eigenvalue weighted by Gasteiger charge is 2.43. The number of benzene rings is 1. The molecule has 1 saturated heterocycles. The van der Waals surface area contributed by atoms with Crippen LogP contribution in [0.15, 0.2) is 30.3 Å². The Hall–Kier alpha value is -1.35. The summed E-state index contributed by atoms with van der Waals surface area (Å²) in [4.78, 5) is 15.1. The van der Waals surface area contributed by atoms with Crippen molar-refractivity contribution < 1.29 is 4.79 Å². The summed E-state index contributed by atoms with van der Waals surface area (Å²) in [5.74, 6) is 0.937. The average molecular weight is 286 g/mol. The second-order valence-corrected chi connectivity index (χ2v) is 6.47. The second kappa shape index (κ2) is 6.18. The Morgan fingerprint density at radius 2 is 1.90 bits per heavy atom. The van der Waals surface area contributed by atoms with Gasteiger partial charge in [-0.25, -0.2) is 0 Å². The lowest BCUT2D eigenvalue weighted by Crippen LogP contribution is -2.45. The fourth-order valence-corrected chi connectivity index (χ4v) is 4.00. The molecule has 1 amide bonds. The maximum Gasteiger partial charge on any atom is 0.245 e. The molecule has 3 heteroatoms. The molecule has 1 aliphatic heterocycles. The van der Waals surface area contributed by atoms with Crippen LogP contribution in [0.3, 0.4) is 0 Å². The Balaban J connectivity index is 1.81. The highest BCUT2D eigenvalue weighted by molar-refractivity contribution is 5.86. The first-order chi connectivity index (χ1) is 10.2. The molecule has 0 spiro atoms. The van der Waals surface area contributed by atoms with Crippen LogP contribution in [0.25, 0.3) is 0 Å². The van der Waals surface area contributed by atoms with Crippen molar-refractivity contribution in [1.82, 2.24) is 10.2 Å². The van der Waals surface area contributed by atoms with Gasteiger partial charge in [0.05, 0.1) is 6.17 Å². The molecule has 0 radical (unpaired) electrons. The van der Waals surface area contributed by atoms with Gasteiger partial charge in [0.15, 0.2) is 0 Å². The van der Waals surface area contributed by atoms with Crippen molar-refractivity contribution in [3.05, 3.63) is 35.9 Å². The first-order valence-corrected chi connectivity index (χ1v) is 8.35. The predicted octanol–water partition coefficient (Wildman–Crippen LogP) is 3.47. The van der Waals surface area contributed by atoms with Crippen LogP contribution >= 0.6 is 0 Å². The Labute approximate surface area is 127 Å². The third-order valence-corrected chi connectivity index (χ3v) is 5.24. The lowest BCUT2D eigenvalue weighted by atomic mass is 9.97. The van der Waals surface area contributed by atoms with Gasteiger partial charge >= 0.3 is 0 Å². The topological polar surface area (TPSA) is 32.3 Å². The molecule has 1 saturated carbocycles. The van der Waals surface area contributed by atoms with Crippen molar-refractivity contribution in [2.45, 2.75) is 64.2 Å². The fourth-order valence-electron chi connectivity index (χ4n) is 4.00. The molecule has 2 aliphatic rings. The Morgan fingerprint density at radius 3 is 2.52 bits per heavy atom. The van der Waals surface area contributed by atoms with Crippen molar-refractivity contribution in [1.29, 1.82) is 0 Å². The predicted molar refractivity (Wildman–Crippen MR) is 84.7 cm³/mol. The number of hydrogen-bond donors (Lipinski definition) is 1. The minimum atomic E-state index is -0.167. The molecule has 21 heavy (non-hydrogen) atoms. The first kappa shape index (κ1) is 14.6. The molecule has 114 valence electrons. The van der Waals surface area contributed by atoms with Crippen molar-refractivity contribution in [3.8, 4) is 0 Å². The molecule has 0 bridgehead atoms. The fraction of sp³-hybridized carbons (Fsp3) is 0.611. The number of rotatable bonds is 4. The van der Waals surface area contributed by atoms with E-state index in [1.807, 2.05) is 30.3 Å². The van der Waals surface area contributed by atoms with Crippen molar-refractivity contribution in [3.63, 3.8) is 0 Å². The van der Waals surface area contributed by atoms with Gasteiger partial charge in [0, 0.05) is 6.04 Å². The molecular formula is C18H26N2O. The van der Waals surface area contributed by atoms with Gasteiger partial charge in [-0.3, -0.25) is 10.1 Å². The number of carbonyl (C=O) groups is 1. The Kier molecular flexibility index (Phi) is 4.29. The van der Waals surface area contributed by atoms with Crippen LogP contribution < -0.4 is 5.32 Å². The molecule has 1 heterocycles. The molecule has 3 nitrogen and oxygen atoms in total. The zero-order chi connectivity index (χ0) is 14.8. The van der Waals surface area contributed by atoms with Crippen molar-refractivity contribution >= 4 is 5.91 Å². The van der Waals surface area contributed by atoms with Gasteiger partial charge in [0.2, 0.25) is 5.91 Å². The standard InChI is InChI=1S/C18H26N2O/c1-3-16-19-17(15-11-5-4-6-12-15)18(21)20(16)13(2)14-9-7-8-10-14/h4-6,11-14,16-17,19H,3,7-10H2,1-2H3. The summed E-state index contributed by atoms with van der Waals surface area (Å²) >= 11 is 0. The van der Waals surface area contributed by atoms with Gasteiger partial charge in [-0.15, -0.1) is 0 Å². The van der Waals surface area contributed by atoms with E-state index < -0.39 is 0 Å². The van der Waals surface area contributed by atoms with Crippen LogP contribution in [0, 0.1) is 5.92 Å². The van der Waals surface area contributed by atoms with E-state index in [4.69, 9.17) is 0 Å². The average Bonchev–Trinajstić information content (AvgIpc) is 3.15. The summed E-state index contributed by atoms with van der Waals surface area (Å²) in [5, 5.41) is 3.54. The molecule has 2 fully saturated rings. The molecule has 1 aliphatic carbocycles. The zero-order valence-electron chi connectivity index (χ0n) is 13.1. The largest absolute Gasteiger partial charge is 0.323 e. The third-order valence-electron chi connectivity index (χ3n) is 5.24. The number of hydrogen-bond acceptors (Lipinski definition) is 2. The molecule has 1 N–H and O–H groups in total. The maximum absolute atomic E-state index is 12.9. The van der Waals surface area contributed by atoms with Crippen LogP contribution in [0.2, 0.25) is 0 Å². The van der Waals surface area contributed by atoms with E-state index in [-0.39, 0.29) is 18.1 Å². The number of amides is 1. The molecule has 1 aromatic carbocycles. The third kappa shape index (κ3) is 2.71. The van der Waals surface area contributed by atoms with Crippen LogP contribution in [-0.2, 0) is 4.79 Å². The molecule has 3 atom stereocenters. The molecule has 0 aromatic heterocycles. The molecular weight excluding hydrogens is 260 g/mol. The summed E-state index contributed by atoms with van der Waals surface area (Å²) in [7, 11) is 0. The zero-order valence-corrected chi connectivity index (χ0v) is 13.1. The van der Waals surface area contributed by atoms with E-state index in [2.05, 4.69) is 24.1 Å². The molecule has 1 aromatic rings. The Bertz CT molecular complexity index is 481. The summed E-state index contributed by atoms with van der Waals surface area (Å²) in [6.45, 7) is 4.40. The monoisotopic (exact) mass is 286 g/mol. The minimum absolute atomic E-state index is 0.167. The van der Waals surface area contributed by atoms with Gasteiger partial charge in [-0.05, 0) is 37.7 Å². The number of carbonyl (C=O) groups excluding carboxylic acids is 1. The van der Waals surface area contributed by atoms with Crippen LogP contribution in [0.5, 0.6) is 0 Å². The quantitative estimate of drug-likeness (QED) is 0.919. The smallest absolute Gasteiger partial charge is 0.245 e. The second-order valence-electron chi connectivity index (χ2n) is 6.47. The van der Waals surface area contributed by atoms with E-state index in [1.165, 1.54) is 25.7 Å². The van der Waals surface area contributed by atoms with Gasteiger partial charge in [-0.2, -0.15) is 0 Å². The first-order valence-electron chi connectivity index (χ1n) is 8.35. The summed E-state index contributed by atoms with van der Waals surface area (Å²) in [5.41, 5.74) is 1.09. The van der Waals surface area contributed by atoms with E-state index in [9.17, 15) is 4.79 Å². The Morgan fingerprint density at radius 1 is 1.24 bits per heavy atom. The van der Waals surface area contributed by atoms with E-state index in [1.54, 1.807) is 0 Å². The number of nitrogens with zero attached hydrogens (tertiary/aromatic N) is 1. The highest BCUT2D eigenvalue weighted by Crippen LogP contribution is 2.35. The lowest BCUT2D eigenvalue weighted by Gasteiger charge is -2.33. The number of nitrogens with one attached hydrogen (secondary N) is 1. The summed E-state index contributed by atoms with van der Waals surface area (Å²) in [6, 6.07) is 10.3. The normalized spacial score (nSPS) is 28.3. The molecule has 3 rings (SSSR count). The van der Waals surface area contributed by atoms with Gasteiger partial charge < -0.3 is 4.90 Å². The van der Waals surface area contributed by atoms with E-state index in [0.29, 0.717) is 12.0 Å². The van der Waals surface area contributed by atoms with Crippen LogP contribution in [-0.4, -0.2) is 23.0 Å². The molecule has 3 unspecified atom stereocenters. The van der Waals surface area contributed by atoms with E-state index in [0.717, 1.165) is 12.0 Å². The van der Waals surface area contributed by atoms with Gasteiger partial charge in [-0.1, -0.05) is 50.1 Å². The van der Waals surface area contributed by atoms with Gasteiger partial charge in [0.25, 0.3) is 0 Å². The maximum atomic E-state index is 12.9. The minimum Gasteiger partial charge on any atom is -0.323 e. The summed E-state index contributed by atoms with van der Waals surface area (Å²) < 4.78 is 0. The van der Waals surface area contributed by atoms with Crippen LogP contribution in [0.4, 0.5) is 0 Å². The SMILES string of the molecule is CCC1NC(c2ccccc2)C(=O)N1C(C)C1CCCC1. The lowest BCUT2D eigenvalue weighted by molar-refractivity contribution is -0.133.